The maximum atomic E-state index is 2.59. The fourth-order valence-electron chi connectivity index (χ4n) is 10.0. The van der Waals surface area contributed by atoms with E-state index in [4.69, 9.17) is 0 Å². The Bertz CT molecular complexity index is 2620. The lowest BCUT2D eigenvalue weighted by Crippen LogP contribution is -2.19. The molecule has 7 aromatic carbocycles. The summed E-state index contributed by atoms with van der Waals surface area (Å²) < 4.78 is 0. The van der Waals surface area contributed by atoms with Crippen LogP contribution in [0.2, 0.25) is 0 Å². The van der Waals surface area contributed by atoms with Crippen LogP contribution in [0.4, 0.5) is 17.1 Å². The number of rotatable bonds is 6. The first kappa shape index (κ1) is 38.1. The first-order valence-corrected chi connectivity index (χ1v) is 21.7. The molecule has 0 atom stereocenters. The van der Waals surface area contributed by atoms with Crippen molar-refractivity contribution in [1.82, 2.24) is 0 Å². The SMILES string of the molecule is CC(C)(C)c1cc(N(c2ccccc2-c2ccc3c(c2)C(C)(C)c2ccccc2-3)c2ccccc2-c2cccc3cccc(C4CCCCC4)c23)cc(C(C)(C)C)c1. The van der Waals surface area contributed by atoms with E-state index in [9.17, 15) is 0 Å². The van der Waals surface area contributed by atoms with Crippen LogP contribution in [0.3, 0.4) is 0 Å². The Morgan fingerprint density at radius 3 is 1.71 bits per heavy atom. The van der Waals surface area contributed by atoms with E-state index < -0.39 is 0 Å². The highest BCUT2D eigenvalue weighted by molar-refractivity contribution is 6.04. The molecule has 1 heteroatoms. The van der Waals surface area contributed by atoms with E-state index in [1.54, 1.807) is 0 Å². The standard InChI is InChI=1S/C57H59N/c1-55(2,3)41-35-42(56(4,5)6)37-43(36-41)58(52-30-16-13-24-44(52)40-32-33-47-46-25-12-15-29-50(46)57(7,8)51(47)34-40)53-31-17-14-26-48(53)49-28-19-23-39-22-18-27-45(54(39)49)38-20-10-9-11-21-38/h12-19,22-38H,9-11,20-21H2,1-8H3. The quantitative estimate of drug-likeness (QED) is 0.163. The van der Waals surface area contributed by atoms with Gasteiger partial charge >= 0.3 is 0 Å². The highest BCUT2D eigenvalue weighted by Crippen LogP contribution is 2.52. The molecule has 0 amide bonds. The van der Waals surface area contributed by atoms with Crippen LogP contribution in [0.1, 0.15) is 121 Å². The lowest BCUT2D eigenvalue weighted by Gasteiger charge is -2.34. The van der Waals surface area contributed by atoms with Gasteiger partial charge in [-0.15, -0.1) is 0 Å². The van der Waals surface area contributed by atoms with Crippen molar-refractivity contribution < 1.29 is 0 Å². The second-order valence-electron chi connectivity index (χ2n) is 19.7. The molecule has 0 N–H and O–H groups in total. The first-order chi connectivity index (χ1) is 27.8. The van der Waals surface area contributed by atoms with Crippen LogP contribution in [-0.4, -0.2) is 0 Å². The van der Waals surface area contributed by atoms with Crippen LogP contribution in [-0.2, 0) is 16.2 Å². The van der Waals surface area contributed by atoms with Gasteiger partial charge in [-0.1, -0.05) is 190 Å². The molecule has 292 valence electrons. The zero-order chi connectivity index (χ0) is 40.4. The molecule has 1 fully saturated rings. The maximum Gasteiger partial charge on any atom is 0.0540 e. The van der Waals surface area contributed by atoms with E-state index in [-0.39, 0.29) is 16.2 Å². The lowest BCUT2D eigenvalue weighted by atomic mass is 9.80. The highest BCUT2D eigenvalue weighted by Gasteiger charge is 2.36. The van der Waals surface area contributed by atoms with Gasteiger partial charge in [-0.25, -0.2) is 0 Å². The van der Waals surface area contributed by atoms with E-state index in [0.717, 1.165) is 0 Å². The molecule has 0 radical (unpaired) electrons. The fourth-order valence-corrected chi connectivity index (χ4v) is 10.0. The largest absolute Gasteiger partial charge is 0.309 e. The van der Waals surface area contributed by atoms with Gasteiger partial charge in [-0.3, -0.25) is 0 Å². The van der Waals surface area contributed by atoms with E-state index in [0.29, 0.717) is 5.92 Å². The molecule has 0 unspecified atom stereocenters. The van der Waals surface area contributed by atoms with Crippen LogP contribution < -0.4 is 4.90 Å². The van der Waals surface area contributed by atoms with Crippen LogP contribution >= 0.6 is 0 Å². The van der Waals surface area contributed by atoms with Gasteiger partial charge < -0.3 is 4.90 Å². The molecule has 7 aromatic rings. The van der Waals surface area contributed by atoms with Crippen LogP contribution in [0.15, 0.2) is 146 Å². The Kier molecular flexibility index (Phi) is 9.50. The normalized spacial score (nSPS) is 15.3. The zero-order valence-corrected chi connectivity index (χ0v) is 35.9. The molecule has 2 aliphatic carbocycles. The van der Waals surface area contributed by atoms with E-state index in [1.165, 1.54) is 121 Å². The van der Waals surface area contributed by atoms with Gasteiger partial charge in [0.05, 0.1) is 11.4 Å². The second-order valence-corrected chi connectivity index (χ2v) is 19.7. The van der Waals surface area contributed by atoms with Crippen LogP contribution in [0, 0.1) is 0 Å². The Balaban J connectivity index is 1.32. The highest BCUT2D eigenvalue weighted by atomic mass is 15.1. The Morgan fingerprint density at radius 2 is 1.03 bits per heavy atom. The summed E-state index contributed by atoms with van der Waals surface area (Å²) in [5.41, 5.74) is 18.2. The van der Waals surface area contributed by atoms with E-state index in [1.807, 2.05) is 0 Å². The molecular weight excluding hydrogens is 699 g/mol. The molecule has 1 nitrogen and oxygen atoms in total. The molecule has 0 bridgehead atoms. The van der Waals surface area contributed by atoms with Crippen molar-refractivity contribution in [2.75, 3.05) is 4.90 Å². The van der Waals surface area contributed by atoms with Gasteiger partial charge in [0, 0.05) is 22.2 Å². The predicted molar refractivity (Wildman–Crippen MR) is 250 cm³/mol. The summed E-state index contributed by atoms with van der Waals surface area (Å²) in [5, 5.41) is 2.74. The van der Waals surface area contributed by atoms with Crippen molar-refractivity contribution in [3.8, 4) is 33.4 Å². The number of hydrogen-bond acceptors (Lipinski definition) is 1. The Hall–Kier alpha value is -5.40. The second kappa shape index (κ2) is 14.5. The average molecular weight is 758 g/mol. The number of anilines is 3. The molecule has 9 rings (SSSR count). The van der Waals surface area contributed by atoms with E-state index in [2.05, 4.69) is 206 Å². The first-order valence-electron chi connectivity index (χ1n) is 21.7. The summed E-state index contributed by atoms with van der Waals surface area (Å²) in [5.74, 6) is 0.593. The van der Waals surface area contributed by atoms with Crippen LogP contribution in [0.5, 0.6) is 0 Å². The lowest BCUT2D eigenvalue weighted by molar-refractivity contribution is 0.445. The van der Waals surface area contributed by atoms with Crippen molar-refractivity contribution in [3.05, 3.63) is 173 Å². The van der Waals surface area contributed by atoms with Gasteiger partial charge in [0.25, 0.3) is 0 Å². The van der Waals surface area contributed by atoms with Crippen molar-refractivity contribution in [3.63, 3.8) is 0 Å². The average Bonchev–Trinajstić information content (AvgIpc) is 3.46. The number of hydrogen-bond donors (Lipinski definition) is 0. The third-order valence-corrected chi connectivity index (χ3v) is 13.4. The summed E-state index contributed by atoms with van der Waals surface area (Å²) >= 11 is 0. The van der Waals surface area contributed by atoms with Crippen molar-refractivity contribution in [1.29, 1.82) is 0 Å². The van der Waals surface area contributed by atoms with Crippen molar-refractivity contribution in [2.24, 2.45) is 0 Å². The van der Waals surface area contributed by atoms with Gasteiger partial charge in [-0.05, 0) is 121 Å². The molecular formula is C57H59N. The summed E-state index contributed by atoms with van der Waals surface area (Å²) in [6.07, 6.45) is 6.52. The maximum absolute atomic E-state index is 2.59. The van der Waals surface area contributed by atoms with Crippen molar-refractivity contribution >= 4 is 27.8 Å². The molecule has 2 aliphatic rings. The number of benzene rings is 7. The van der Waals surface area contributed by atoms with Gasteiger partial charge in [-0.2, -0.15) is 0 Å². The molecule has 0 aliphatic heterocycles. The monoisotopic (exact) mass is 757 g/mol. The Labute approximate surface area is 347 Å². The fraction of sp³-hybridized carbons (Fsp3) is 0.298. The topological polar surface area (TPSA) is 3.24 Å². The zero-order valence-electron chi connectivity index (χ0n) is 35.9. The third kappa shape index (κ3) is 6.67. The molecule has 1 saturated carbocycles. The summed E-state index contributed by atoms with van der Waals surface area (Å²) in [4.78, 5) is 2.59. The minimum atomic E-state index is -0.0871. The summed E-state index contributed by atoms with van der Waals surface area (Å²) in [6, 6.07) is 55.8. The molecule has 58 heavy (non-hydrogen) atoms. The van der Waals surface area contributed by atoms with Crippen molar-refractivity contribution in [2.45, 2.75) is 110 Å². The molecule has 0 heterocycles. The van der Waals surface area contributed by atoms with E-state index >= 15 is 0 Å². The number of para-hydroxylation sites is 2. The molecule has 0 aromatic heterocycles. The predicted octanol–water partition coefficient (Wildman–Crippen LogP) is 16.6. The summed E-state index contributed by atoms with van der Waals surface area (Å²) in [7, 11) is 0. The minimum absolute atomic E-state index is 0.0359. The van der Waals surface area contributed by atoms with Gasteiger partial charge in [0.1, 0.15) is 0 Å². The summed E-state index contributed by atoms with van der Waals surface area (Å²) in [6.45, 7) is 18.8. The number of fused-ring (bicyclic) bond motifs is 4. The Morgan fingerprint density at radius 1 is 0.483 bits per heavy atom. The van der Waals surface area contributed by atoms with Gasteiger partial charge in [0.2, 0.25) is 0 Å². The van der Waals surface area contributed by atoms with Gasteiger partial charge in [0.15, 0.2) is 0 Å². The van der Waals surface area contributed by atoms with Crippen LogP contribution in [0.25, 0.3) is 44.2 Å². The smallest absolute Gasteiger partial charge is 0.0540 e. The minimum Gasteiger partial charge on any atom is -0.309 e. The molecule has 0 spiro atoms. The number of nitrogens with zero attached hydrogens (tertiary/aromatic N) is 1. The third-order valence-electron chi connectivity index (χ3n) is 13.4. The molecule has 0 saturated heterocycles.